The van der Waals surface area contributed by atoms with Gasteiger partial charge in [0, 0.05) is 3.57 Å². The monoisotopic (exact) mass is 302 g/mol. The zero-order valence-electron chi connectivity index (χ0n) is 6.65. The van der Waals surface area contributed by atoms with Crippen LogP contribution in [0, 0.1) is 3.57 Å². The van der Waals surface area contributed by atoms with Crippen molar-refractivity contribution < 1.29 is 17.9 Å². The summed E-state index contributed by atoms with van der Waals surface area (Å²) in [7, 11) is 1.42. The predicted octanol–water partition coefficient (Wildman–Crippen LogP) is 3.32. The van der Waals surface area contributed by atoms with Crippen molar-refractivity contribution in [2.24, 2.45) is 0 Å². The topological polar surface area (TPSA) is 9.23 Å². The second-order valence-corrected chi connectivity index (χ2v) is 3.51. The maximum absolute atomic E-state index is 12.2. The van der Waals surface area contributed by atoms with Gasteiger partial charge in [-0.25, -0.2) is 0 Å². The Morgan fingerprint density at radius 1 is 1.31 bits per heavy atom. The van der Waals surface area contributed by atoms with Gasteiger partial charge < -0.3 is 4.74 Å². The number of ether oxygens (including phenoxy) is 1. The van der Waals surface area contributed by atoms with Crippen molar-refractivity contribution in [2.75, 3.05) is 7.11 Å². The molecule has 0 saturated heterocycles. The highest BCUT2D eigenvalue weighted by molar-refractivity contribution is 14.1. The van der Waals surface area contributed by atoms with Crippen LogP contribution in [0.25, 0.3) is 0 Å². The van der Waals surface area contributed by atoms with Crippen LogP contribution >= 0.6 is 22.6 Å². The minimum atomic E-state index is -4.29. The van der Waals surface area contributed by atoms with Crippen molar-refractivity contribution in [1.29, 1.82) is 0 Å². The SMILES string of the molecule is COc1ccc(C(F)(F)F)c(I)c1. The highest BCUT2D eigenvalue weighted by Gasteiger charge is 2.32. The molecule has 0 aliphatic rings. The molecule has 0 atom stereocenters. The second-order valence-electron chi connectivity index (χ2n) is 2.34. The van der Waals surface area contributed by atoms with Crippen LogP contribution in [-0.2, 0) is 6.18 Å². The standard InChI is InChI=1S/C8H6F3IO/c1-13-5-2-3-6(7(12)4-5)8(9,10)11/h2-4H,1H3. The molecule has 0 N–H and O–H groups in total. The second kappa shape index (κ2) is 3.73. The van der Waals surface area contributed by atoms with Gasteiger partial charge in [-0.05, 0) is 40.8 Å². The minimum Gasteiger partial charge on any atom is -0.497 e. The number of halogens is 4. The van der Waals surface area contributed by atoms with Gasteiger partial charge >= 0.3 is 6.18 Å². The van der Waals surface area contributed by atoms with E-state index < -0.39 is 11.7 Å². The van der Waals surface area contributed by atoms with Gasteiger partial charge in [0.05, 0.1) is 12.7 Å². The molecular formula is C8H6F3IO. The summed E-state index contributed by atoms with van der Waals surface area (Å²) in [5.74, 6) is 0.428. The number of hydrogen-bond donors (Lipinski definition) is 0. The van der Waals surface area contributed by atoms with Gasteiger partial charge in [0.15, 0.2) is 0 Å². The number of benzene rings is 1. The van der Waals surface area contributed by atoms with Crippen LogP contribution < -0.4 is 4.74 Å². The maximum Gasteiger partial charge on any atom is 0.417 e. The van der Waals surface area contributed by atoms with Gasteiger partial charge in [-0.1, -0.05) is 0 Å². The zero-order valence-corrected chi connectivity index (χ0v) is 8.81. The molecule has 72 valence electrons. The van der Waals surface area contributed by atoms with E-state index in [2.05, 4.69) is 0 Å². The van der Waals surface area contributed by atoms with E-state index in [1.807, 2.05) is 0 Å². The summed E-state index contributed by atoms with van der Waals surface area (Å²) in [6, 6.07) is 3.66. The van der Waals surface area contributed by atoms with E-state index >= 15 is 0 Å². The summed E-state index contributed by atoms with van der Waals surface area (Å²) in [6.07, 6.45) is -4.29. The van der Waals surface area contributed by atoms with E-state index in [1.54, 1.807) is 22.6 Å². The maximum atomic E-state index is 12.2. The fraction of sp³-hybridized carbons (Fsp3) is 0.250. The number of hydrogen-bond acceptors (Lipinski definition) is 1. The van der Waals surface area contributed by atoms with Gasteiger partial charge in [0.1, 0.15) is 5.75 Å². The number of alkyl halides is 3. The molecule has 0 heterocycles. The van der Waals surface area contributed by atoms with Crippen LogP contribution in [0.5, 0.6) is 5.75 Å². The first-order valence-electron chi connectivity index (χ1n) is 3.36. The van der Waals surface area contributed by atoms with Crippen molar-refractivity contribution >= 4 is 22.6 Å². The molecule has 0 amide bonds. The molecule has 0 fully saturated rings. The van der Waals surface area contributed by atoms with Crippen molar-refractivity contribution in [1.82, 2.24) is 0 Å². The molecule has 13 heavy (non-hydrogen) atoms. The molecule has 1 rings (SSSR count). The van der Waals surface area contributed by atoms with Crippen LogP contribution in [0.4, 0.5) is 13.2 Å². The van der Waals surface area contributed by atoms with Crippen LogP contribution in [0.1, 0.15) is 5.56 Å². The molecule has 0 aromatic heterocycles. The largest absolute Gasteiger partial charge is 0.497 e. The summed E-state index contributed by atoms with van der Waals surface area (Å²) in [4.78, 5) is 0. The molecule has 0 radical (unpaired) electrons. The Hall–Kier alpha value is -0.460. The fourth-order valence-corrected chi connectivity index (χ4v) is 1.65. The van der Waals surface area contributed by atoms with Crippen molar-refractivity contribution in [3.8, 4) is 5.75 Å². The molecule has 1 aromatic carbocycles. The summed E-state index contributed by atoms with van der Waals surface area (Å²) < 4.78 is 41.6. The quantitative estimate of drug-likeness (QED) is 0.723. The smallest absolute Gasteiger partial charge is 0.417 e. The highest BCUT2D eigenvalue weighted by atomic mass is 127. The normalized spacial score (nSPS) is 11.5. The Bertz CT molecular complexity index is 309. The summed E-state index contributed by atoms with van der Waals surface area (Å²) in [6.45, 7) is 0. The molecule has 5 heteroatoms. The number of rotatable bonds is 1. The Morgan fingerprint density at radius 3 is 2.31 bits per heavy atom. The Balaban J connectivity index is 3.13. The lowest BCUT2D eigenvalue weighted by Gasteiger charge is -2.09. The summed E-state index contributed by atoms with van der Waals surface area (Å²) >= 11 is 1.63. The zero-order chi connectivity index (χ0) is 10.1. The highest BCUT2D eigenvalue weighted by Crippen LogP contribution is 2.34. The van der Waals surface area contributed by atoms with E-state index in [1.165, 1.54) is 19.2 Å². The summed E-state index contributed by atoms with van der Waals surface area (Å²) in [5, 5.41) is 0. The van der Waals surface area contributed by atoms with E-state index in [0.29, 0.717) is 5.75 Å². The average molecular weight is 302 g/mol. The van der Waals surface area contributed by atoms with Crippen molar-refractivity contribution in [2.45, 2.75) is 6.18 Å². The van der Waals surface area contributed by atoms with Crippen molar-refractivity contribution in [3.63, 3.8) is 0 Å². The Labute approximate surface area is 87.0 Å². The third-order valence-corrected chi connectivity index (χ3v) is 2.37. The fourth-order valence-electron chi connectivity index (χ4n) is 0.853. The van der Waals surface area contributed by atoms with Crippen LogP contribution in [0.2, 0.25) is 0 Å². The molecule has 0 saturated carbocycles. The molecule has 1 nitrogen and oxygen atoms in total. The van der Waals surface area contributed by atoms with E-state index in [0.717, 1.165) is 6.07 Å². The first kappa shape index (κ1) is 10.6. The van der Waals surface area contributed by atoms with Gasteiger partial charge in [-0.15, -0.1) is 0 Å². The Kier molecular flexibility index (Phi) is 3.05. The van der Waals surface area contributed by atoms with Crippen LogP contribution in [0.15, 0.2) is 18.2 Å². The molecule has 0 unspecified atom stereocenters. The average Bonchev–Trinajstić information content (AvgIpc) is 2.01. The molecule has 0 bridgehead atoms. The van der Waals surface area contributed by atoms with Gasteiger partial charge in [-0.2, -0.15) is 13.2 Å². The third kappa shape index (κ3) is 2.49. The van der Waals surface area contributed by atoms with Crippen LogP contribution in [0.3, 0.4) is 0 Å². The Morgan fingerprint density at radius 2 is 1.92 bits per heavy atom. The first-order chi connectivity index (χ1) is 5.95. The lowest BCUT2D eigenvalue weighted by Crippen LogP contribution is -2.07. The molecule has 0 aliphatic heterocycles. The first-order valence-corrected chi connectivity index (χ1v) is 4.44. The third-order valence-electron chi connectivity index (χ3n) is 1.48. The molecule has 0 spiro atoms. The van der Waals surface area contributed by atoms with Gasteiger partial charge in [-0.3, -0.25) is 0 Å². The lowest BCUT2D eigenvalue weighted by atomic mass is 10.2. The minimum absolute atomic E-state index is 0.143. The van der Waals surface area contributed by atoms with Gasteiger partial charge in [0.2, 0.25) is 0 Å². The van der Waals surface area contributed by atoms with E-state index in [-0.39, 0.29) is 3.57 Å². The van der Waals surface area contributed by atoms with E-state index in [9.17, 15) is 13.2 Å². The molecular weight excluding hydrogens is 296 g/mol. The molecule has 0 aliphatic carbocycles. The molecule has 1 aromatic rings. The van der Waals surface area contributed by atoms with Crippen molar-refractivity contribution in [3.05, 3.63) is 27.3 Å². The van der Waals surface area contributed by atoms with Gasteiger partial charge in [0.25, 0.3) is 0 Å². The summed E-state index contributed by atoms with van der Waals surface area (Å²) in [5.41, 5.74) is -0.631. The lowest BCUT2D eigenvalue weighted by molar-refractivity contribution is -0.138. The number of methoxy groups -OCH3 is 1. The van der Waals surface area contributed by atoms with E-state index in [4.69, 9.17) is 4.74 Å². The van der Waals surface area contributed by atoms with Crippen LogP contribution in [-0.4, -0.2) is 7.11 Å². The predicted molar refractivity (Wildman–Crippen MR) is 50.7 cm³/mol.